The van der Waals surface area contributed by atoms with Crippen LogP contribution in [-0.4, -0.2) is 18.7 Å². The summed E-state index contributed by atoms with van der Waals surface area (Å²) in [5.74, 6) is 0. The van der Waals surface area contributed by atoms with Crippen molar-refractivity contribution in [2.24, 2.45) is 5.73 Å². The van der Waals surface area contributed by atoms with Gasteiger partial charge in [-0.05, 0) is 34.5 Å². The van der Waals surface area contributed by atoms with Crippen molar-refractivity contribution in [2.75, 3.05) is 13.7 Å². The molecule has 0 bridgehead atoms. The molecule has 0 spiro atoms. The van der Waals surface area contributed by atoms with Crippen LogP contribution >= 0.6 is 15.9 Å². The zero-order valence-corrected chi connectivity index (χ0v) is 9.34. The zero-order valence-electron chi connectivity index (χ0n) is 7.75. The van der Waals surface area contributed by atoms with Crippen molar-refractivity contribution in [3.63, 3.8) is 0 Å². The van der Waals surface area contributed by atoms with Crippen LogP contribution in [0.2, 0.25) is 0 Å². The first-order chi connectivity index (χ1) is 6.06. The van der Waals surface area contributed by atoms with E-state index in [1.807, 2.05) is 13.0 Å². The van der Waals surface area contributed by atoms with Crippen LogP contribution in [0.15, 0.2) is 22.9 Å². The van der Waals surface area contributed by atoms with Gasteiger partial charge in [0.05, 0.1) is 12.1 Å². The van der Waals surface area contributed by atoms with E-state index in [1.165, 1.54) is 0 Å². The Bertz CT molecular complexity index is 289. The van der Waals surface area contributed by atoms with Gasteiger partial charge in [0, 0.05) is 24.0 Å². The molecule has 13 heavy (non-hydrogen) atoms. The van der Waals surface area contributed by atoms with Crippen LogP contribution in [-0.2, 0) is 10.3 Å². The lowest BCUT2D eigenvalue weighted by molar-refractivity contribution is 0.141. The third kappa shape index (κ3) is 2.76. The minimum absolute atomic E-state index is 0.477. The summed E-state index contributed by atoms with van der Waals surface area (Å²) in [6, 6.07) is 1.95. The predicted octanol–water partition coefficient (Wildman–Crippen LogP) is 1.66. The molecule has 0 aromatic carbocycles. The van der Waals surface area contributed by atoms with Crippen molar-refractivity contribution in [1.82, 2.24) is 4.98 Å². The van der Waals surface area contributed by atoms with Gasteiger partial charge >= 0.3 is 0 Å². The zero-order chi connectivity index (χ0) is 9.90. The van der Waals surface area contributed by atoms with Gasteiger partial charge in [-0.3, -0.25) is 4.98 Å². The minimum Gasteiger partial charge on any atom is -0.382 e. The number of hydrogen-bond acceptors (Lipinski definition) is 3. The Morgan fingerprint density at radius 2 is 2.31 bits per heavy atom. The largest absolute Gasteiger partial charge is 0.382 e. The van der Waals surface area contributed by atoms with E-state index in [-0.39, 0.29) is 0 Å². The van der Waals surface area contributed by atoms with E-state index in [0.29, 0.717) is 6.61 Å². The Hall–Kier alpha value is -0.450. The van der Waals surface area contributed by atoms with E-state index in [4.69, 9.17) is 10.5 Å². The number of halogens is 1. The minimum atomic E-state index is -0.481. The summed E-state index contributed by atoms with van der Waals surface area (Å²) in [6.45, 7) is 2.39. The molecular weight excluding hydrogens is 232 g/mol. The first-order valence-corrected chi connectivity index (χ1v) is 4.74. The lowest BCUT2D eigenvalue weighted by Gasteiger charge is -2.23. The lowest BCUT2D eigenvalue weighted by Crippen LogP contribution is -2.37. The fraction of sp³-hybridized carbons (Fsp3) is 0.444. The fourth-order valence-electron chi connectivity index (χ4n) is 1.11. The molecule has 0 aliphatic rings. The molecule has 0 amide bonds. The Morgan fingerprint density at radius 3 is 2.85 bits per heavy atom. The third-order valence-corrected chi connectivity index (χ3v) is 2.24. The van der Waals surface area contributed by atoms with Crippen LogP contribution in [0.1, 0.15) is 12.5 Å². The second-order valence-electron chi connectivity index (χ2n) is 3.24. The number of methoxy groups -OCH3 is 1. The van der Waals surface area contributed by atoms with Crippen LogP contribution in [0, 0.1) is 0 Å². The van der Waals surface area contributed by atoms with Gasteiger partial charge in [0.1, 0.15) is 0 Å². The molecule has 1 heterocycles. The number of nitrogens with zero attached hydrogens (tertiary/aromatic N) is 1. The molecule has 4 heteroatoms. The average Bonchev–Trinajstić information content (AvgIpc) is 2.04. The average molecular weight is 245 g/mol. The summed E-state index contributed by atoms with van der Waals surface area (Å²) in [5.41, 5.74) is 6.51. The van der Waals surface area contributed by atoms with Crippen molar-refractivity contribution in [3.8, 4) is 0 Å². The van der Waals surface area contributed by atoms with Crippen LogP contribution in [0.25, 0.3) is 0 Å². The van der Waals surface area contributed by atoms with Gasteiger partial charge in [0.15, 0.2) is 0 Å². The molecule has 0 aliphatic carbocycles. The van der Waals surface area contributed by atoms with Crippen molar-refractivity contribution in [1.29, 1.82) is 0 Å². The Morgan fingerprint density at radius 1 is 1.62 bits per heavy atom. The van der Waals surface area contributed by atoms with Crippen molar-refractivity contribution in [3.05, 3.63) is 28.5 Å². The standard InChI is InChI=1S/C9H13BrN2O/c1-9(11,6-13-2)7-3-8(10)5-12-4-7/h3-5H,6,11H2,1-2H3. The predicted molar refractivity (Wildman–Crippen MR) is 55.4 cm³/mol. The summed E-state index contributed by atoms with van der Waals surface area (Å²) >= 11 is 3.35. The van der Waals surface area contributed by atoms with Gasteiger partial charge in [-0.25, -0.2) is 0 Å². The molecular formula is C9H13BrN2O. The molecule has 0 saturated heterocycles. The normalized spacial score (nSPS) is 15.4. The van der Waals surface area contributed by atoms with Crippen LogP contribution < -0.4 is 5.73 Å². The molecule has 1 atom stereocenters. The third-order valence-electron chi connectivity index (χ3n) is 1.81. The van der Waals surface area contributed by atoms with Gasteiger partial charge in [-0.15, -0.1) is 0 Å². The molecule has 1 aromatic rings. The number of ether oxygens (including phenoxy) is 1. The van der Waals surface area contributed by atoms with E-state index in [2.05, 4.69) is 20.9 Å². The summed E-state index contributed by atoms with van der Waals surface area (Å²) in [5, 5.41) is 0. The molecule has 3 nitrogen and oxygen atoms in total. The van der Waals surface area contributed by atoms with E-state index >= 15 is 0 Å². The van der Waals surface area contributed by atoms with Gasteiger partial charge in [0.25, 0.3) is 0 Å². The number of hydrogen-bond donors (Lipinski definition) is 1. The van der Waals surface area contributed by atoms with Crippen molar-refractivity contribution >= 4 is 15.9 Å². The number of aromatic nitrogens is 1. The van der Waals surface area contributed by atoms with Crippen LogP contribution in [0.3, 0.4) is 0 Å². The highest BCUT2D eigenvalue weighted by Gasteiger charge is 2.21. The number of rotatable bonds is 3. The highest BCUT2D eigenvalue weighted by molar-refractivity contribution is 9.10. The maximum atomic E-state index is 6.03. The topological polar surface area (TPSA) is 48.1 Å². The molecule has 72 valence electrons. The highest BCUT2D eigenvalue weighted by atomic mass is 79.9. The molecule has 1 aromatic heterocycles. The number of nitrogens with two attached hydrogens (primary N) is 1. The van der Waals surface area contributed by atoms with Gasteiger partial charge in [-0.2, -0.15) is 0 Å². The van der Waals surface area contributed by atoms with E-state index in [9.17, 15) is 0 Å². The monoisotopic (exact) mass is 244 g/mol. The summed E-state index contributed by atoms with van der Waals surface area (Å²) in [4.78, 5) is 4.05. The maximum absolute atomic E-state index is 6.03. The first-order valence-electron chi connectivity index (χ1n) is 3.95. The Balaban J connectivity index is 2.93. The Kier molecular flexibility index (Phi) is 3.41. The fourth-order valence-corrected chi connectivity index (χ4v) is 1.47. The first kappa shape index (κ1) is 10.6. The summed E-state index contributed by atoms with van der Waals surface area (Å²) in [7, 11) is 1.64. The molecule has 1 rings (SSSR count). The van der Waals surface area contributed by atoms with Gasteiger partial charge < -0.3 is 10.5 Å². The smallest absolute Gasteiger partial charge is 0.0682 e. The molecule has 0 radical (unpaired) electrons. The maximum Gasteiger partial charge on any atom is 0.0682 e. The molecule has 0 saturated carbocycles. The van der Waals surface area contributed by atoms with E-state index < -0.39 is 5.54 Å². The molecule has 0 aliphatic heterocycles. The van der Waals surface area contributed by atoms with E-state index in [0.717, 1.165) is 10.0 Å². The number of pyridine rings is 1. The second-order valence-corrected chi connectivity index (χ2v) is 4.16. The molecule has 2 N–H and O–H groups in total. The van der Waals surface area contributed by atoms with Crippen LogP contribution in [0.4, 0.5) is 0 Å². The van der Waals surface area contributed by atoms with Gasteiger partial charge in [-0.1, -0.05) is 0 Å². The second kappa shape index (κ2) is 4.17. The van der Waals surface area contributed by atoms with Crippen LogP contribution in [0.5, 0.6) is 0 Å². The van der Waals surface area contributed by atoms with Gasteiger partial charge in [0.2, 0.25) is 0 Å². The molecule has 0 fully saturated rings. The SMILES string of the molecule is COCC(C)(N)c1cncc(Br)c1. The van der Waals surface area contributed by atoms with E-state index in [1.54, 1.807) is 19.5 Å². The quantitative estimate of drug-likeness (QED) is 0.881. The highest BCUT2D eigenvalue weighted by Crippen LogP contribution is 2.20. The Labute approximate surface area is 86.4 Å². The summed E-state index contributed by atoms with van der Waals surface area (Å²) < 4.78 is 5.96. The molecule has 1 unspecified atom stereocenters. The summed E-state index contributed by atoms with van der Waals surface area (Å²) in [6.07, 6.45) is 3.48. The van der Waals surface area contributed by atoms with Crippen molar-refractivity contribution in [2.45, 2.75) is 12.5 Å². The van der Waals surface area contributed by atoms with Crippen molar-refractivity contribution < 1.29 is 4.74 Å². The lowest BCUT2D eigenvalue weighted by atomic mass is 9.96.